The second kappa shape index (κ2) is 7.78. The number of carbonyl (C=O) groups is 2. The van der Waals surface area contributed by atoms with Crippen molar-refractivity contribution in [2.24, 2.45) is 11.3 Å². The van der Waals surface area contributed by atoms with E-state index in [1.165, 1.54) is 0 Å². The number of hydrogen-bond donors (Lipinski definition) is 1. The Hall–Kier alpha value is -1.89. The Kier molecular flexibility index (Phi) is 5.65. The van der Waals surface area contributed by atoms with Gasteiger partial charge in [-0.15, -0.1) is 11.8 Å². The van der Waals surface area contributed by atoms with Gasteiger partial charge in [-0.3, -0.25) is 9.59 Å². The molecule has 1 saturated heterocycles. The van der Waals surface area contributed by atoms with Crippen LogP contribution in [-0.4, -0.2) is 54.9 Å². The molecule has 1 N–H and O–H groups in total. The maximum absolute atomic E-state index is 12.5. The van der Waals surface area contributed by atoms with Crippen LogP contribution in [0.2, 0.25) is 0 Å². The number of ether oxygens (including phenoxy) is 2. The molecule has 26 heavy (non-hydrogen) atoms. The van der Waals surface area contributed by atoms with Crippen molar-refractivity contribution in [3.8, 4) is 11.5 Å². The van der Waals surface area contributed by atoms with E-state index in [1.54, 1.807) is 30.9 Å². The van der Waals surface area contributed by atoms with E-state index in [2.05, 4.69) is 0 Å². The third-order valence-corrected chi connectivity index (χ3v) is 6.58. The first kappa shape index (κ1) is 18.9. The van der Waals surface area contributed by atoms with Gasteiger partial charge in [0.2, 0.25) is 5.91 Å². The summed E-state index contributed by atoms with van der Waals surface area (Å²) in [4.78, 5) is 27.0. The fourth-order valence-electron chi connectivity index (χ4n) is 4.15. The van der Waals surface area contributed by atoms with Crippen molar-refractivity contribution in [3.63, 3.8) is 0 Å². The van der Waals surface area contributed by atoms with Crippen molar-refractivity contribution in [1.29, 1.82) is 0 Å². The van der Waals surface area contributed by atoms with Gasteiger partial charge >= 0.3 is 5.97 Å². The third-order valence-electron chi connectivity index (χ3n) is 5.59. The van der Waals surface area contributed by atoms with Crippen LogP contribution in [0.15, 0.2) is 23.1 Å². The Morgan fingerprint density at radius 3 is 2.73 bits per heavy atom. The predicted octanol–water partition coefficient (Wildman–Crippen LogP) is 2.90. The van der Waals surface area contributed by atoms with Gasteiger partial charge in [-0.2, -0.15) is 0 Å². The maximum atomic E-state index is 12.5. The summed E-state index contributed by atoms with van der Waals surface area (Å²) in [6.07, 6.45) is 2.96. The largest absolute Gasteiger partial charge is 0.493 e. The van der Waals surface area contributed by atoms with Gasteiger partial charge in [-0.05, 0) is 37.0 Å². The highest BCUT2D eigenvalue weighted by Crippen LogP contribution is 2.49. The lowest BCUT2D eigenvalue weighted by Crippen LogP contribution is -2.37. The average molecular weight is 379 g/mol. The number of methoxy groups -OCH3 is 2. The number of benzene rings is 1. The van der Waals surface area contributed by atoms with Crippen molar-refractivity contribution in [3.05, 3.63) is 18.2 Å². The standard InChI is InChI=1S/C19H25NO5S/c1-24-15-6-5-14(10-16(15)25-2)26-9-7-17(21)20-11-13-4-3-8-19(13,12-20)18(22)23/h5-6,10,13H,3-4,7-9,11-12H2,1-2H3,(H,22,23)/t13-,19+/m0/s1. The molecule has 0 spiro atoms. The number of thioether (sulfide) groups is 1. The number of amides is 1. The van der Waals surface area contributed by atoms with Gasteiger partial charge < -0.3 is 19.5 Å². The zero-order valence-electron chi connectivity index (χ0n) is 15.2. The molecule has 3 rings (SSSR count). The number of carboxylic acids is 1. The predicted molar refractivity (Wildman–Crippen MR) is 98.9 cm³/mol. The SMILES string of the molecule is COc1ccc(SCCC(=O)N2C[C@@H]3CCC[C@@]3(C(=O)O)C2)cc1OC. The number of hydrogen-bond acceptors (Lipinski definition) is 5. The van der Waals surface area contributed by atoms with Crippen LogP contribution in [-0.2, 0) is 9.59 Å². The summed E-state index contributed by atoms with van der Waals surface area (Å²) in [6.45, 7) is 0.957. The minimum atomic E-state index is -0.741. The van der Waals surface area contributed by atoms with E-state index in [9.17, 15) is 14.7 Å². The maximum Gasteiger partial charge on any atom is 0.311 e. The quantitative estimate of drug-likeness (QED) is 0.734. The van der Waals surface area contributed by atoms with Crippen LogP contribution in [0.4, 0.5) is 0 Å². The molecule has 1 aliphatic heterocycles. The zero-order valence-corrected chi connectivity index (χ0v) is 16.0. The van der Waals surface area contributed by atoms with Crippen LogP contribution in [0.25, 0.3) is 0 Å². The lowest BCUT2D eigenvalue weighted by molar-refractivity contribution is -0.149. The molecule has 1 amide bonds. The molecule has 2 atom stereocenters. The van der Waals surface area contributed by atoms with Crippen LogP contribution < -0.4 is 9.47 Å². The molecule has 1 aromatic carbocycles. The molecule has 1 aliphatic carbocycles. The summed E-state index contributed by atoms with van der Waals surface area (Å²) in [6, 6.07) is 5.69. The summed E-state index contributed by atoms with van der Waals surface area (Å²) in [7, 11) is 3.19. The Labute approximate surface area is 157 Å². The van der Waals surface area contributed by atoms with E-state index in [0.717, 1.165) is 17.7 Å². The van der Waals surface area contributed by atoms with Crippen molar-refractivity contribution in [2.75, 3.05) is 33.1 Å². The van der Waals surface area contributed by atoms with Crippen LogP contribution in [0.3, 0.4) is 0 Å². The van der Waals surface area contributed by atoms with Gasteiger partial charge in [-0.1, -0.05) is 6.42 Å². The number of carboxylic acid groups (broad SMARTS) is 1. The fourth-order valence-corrected chi connectivity index (χ4v) is 5.02. The van der Waals surface area contributed by atoms with E-state index in [-0.39, 0.29) is 11.8 Å². The van der Waals surface area contributed by atoms with Gasteiger partial charge in [0.15, 0.2) is 11.5 Å². The second-order valence-corrected chi connectivity index (χ2v) is 8.11. The second-order valence-electron chi connectivity index (χ2n) is 6.94. The minimum Gasteiger partial charge on any atom is -0.493 e. The van der Waals surface area contributed by atoms with Crippen LogP contribution in [0, 0.1) is 11.3 Å². The van der Waals surface area contributed by atoms with Crippen molar-refractivity contribution in [1.82, 2.24) is 4.90 Å². The number of rotatable bonds is 7. The van der Waals surface area contributed by atoms with E-state index < -0.39 is 11.4 Å². The molecule has 2 aliphatic rings. The Morgan fingerprint density at radius 2 is 2.08 bits per heavy atom. The molecule has 1 heterocycles. The number of carbonyl (C=O) groups excluding carboxylic acids is 1. The molecular formula is C19H25NO5S. The van der Waals surface area contributed by atoms with Crippen LogP contribution in [0.5, 0.6) is 11.5 Å². The van der Waals surface area contributed by atoms with Gasteiger partial charge in [0.1, 0.15) is 0 Å². The lowest BCUT2D eigenvalue weighted by Gasteiger charge is -2.23. The first-order valence-electron chi connectivity index (χ1n) is 8.86. The molecular weight excluding hydrogens is 354 g/mol. The summed E-state index contributed by atoms with van der Waals surface area (Å²) in [5.41, 5.74) is -0.702. The fraction of sp³-hybridized carbons (Fsp3) is 0.579. The summed E-state index contributed by atoms with van der Waals surface area (Å²) < 4.78 is 10.5. The number of fused-ring (bicyclic) bond motifs is 1. The molecule has 6 nitrogen and oxygen atoms in total. The summed E-state index contributed by atoms with van der Waals surface area (Å²) in [5, 5.41) is 9.63. The van der Waals surface area contributed by atoms with E-state index in [4.69, 9.17) is 9.47 Å². The highest BCUT2D eigenvalue weighted by Gasteiger charge is 2.55. The highest BCUT2D eigenvalue weighted by atomic mass is 32.2. The minimum absolute atomic E-state index is 0.0491. The van der Waals surface area contributed by atoms with Gasteiger partial charge in [0.25, 0.3) is 0 Å². The first-order valence-corrected chi connectivity index (χ1v) is 9.84. The number of likely N-dealkylation sites (tertiary alicyclic amines) is 1. The van der Waals surface area contributed by atoms with E-state index in [1.807, 2.05) is 18.2 Å². The average Bonchev–Trinajstić information content (AvgIpc) is 3.20. The van der Waals surface area contributed by atoms with Crippen molar-refractivity contribution >= 4 is 23.6 Å². The Balaban J connectivity index is 1.53. The Bertz CT molecular complexity index is 695. The molecule has 0 aromatic heterocycles. The van der Waals surface area contributed by atoms with Crippen molar-refractivity contribution in [2.45, 2.75) is 30.6 Å². The molecule has 7 heteroatoms. The van der Waals surface area contributed by atoms with Gasteiger partial charge in [0, 0.05) is 30.2 Å². The highest BCUT2D eigenvalue weighted by molar-refractivity contribution is 7.99. The molecule has 0 radical (unpaired) electrons. The first-order chi connectivity index (χ1) is 12.5. The summed E-state index contributed by atoms with van der Waals surface area (Å²) >= 11 is 1.58. The lowest BCUT2D eigenvalue weighted by atomic mass is 9.81. The third kappa shape index (κ3) is 3.49. The van der Waals surface area contributed by atoms with Crippen LogP contribution in [0.1, 0.15) is 25.7 Å². The molecule has 142 valence electrons. The van der Waals surface area contributed by atoms with E-state index >= 15 is 0 Å². The smallest absolute Gasteiger partial charge is 0.311 e. The number of aliphatic carboxylic acids is 1. The molecule has 0 bridgehead atoms. The zero-order chi connectivity index (χ0) is 18.7. The summed E-state index contributed by atoms with van der Waals surface area (Å²) in [5.74, 6) is 1.41. The Morgan fingerprint density at radius 1 is 1.31 bits per heavy atom. The molecule has 0 unspecified atom stereocenters. The molecule has 2 fully saturated rings. The topological polar surface area (TPSA) is 76.1 Å². The normalized spacial score (nSPS) is 24.4. The van der Waals surface area contributed by atoms with Gasteiger partial charge in [-0.25, -0.2) is 0 Å². The number of nitrogens with zero attached hydrogens (tertiary/aromatic N) is 1. The monoisotopic (exact) mass is 379 g/mol. The van der Waals surface area contributed by atoms with E-state index in [0.29, 0.717) is 43.2 Å². The molecule has 1 aromatic rings. The van der Waals surface area contributed by atoms with Crippen LogP contribution >= 0.6 is 11.8 Å². The van der Waals surface area contributed by atoms with Crippen molar-refractivity contribution < 1.29 is 24.2 Å². The van der Waals surface area contributed by atoms with Gasteiger partial charge in [0.05, 0.1) is 19.6 Å². The molecule has 1 saturated carbocycles.